The summed E-state index contributed by atoms with van der Waals surface area (Å²) in [6, 6.07) is 7.18. The van der Waals surface area contributed by atoms with E-state index in [2.05, 4.69) is 15.9 Å². The molecule has 0 aliphatic carbocycles. The molecular weight excluding hydrogens is 255 g/mol. The van der Waals surface area contributed by atoms with E-state index in [1.165, 1.54) is 6.08 Å². The fourth-order valence-electron chi connectivity index (χ4n) is 0.767. The highest BCUT2D eigenvalue weighted by atomic mass is 79.9. The van der Waals surface area contributed by atoms with Crippen molar-refractivity contribution < 1.29 is 9.90 Å². The van der Waals surface area contributed by atoms with Gasteiger partial charge in [-0.3, -0.25) is 0 Å². The van der Waals surface area contributed by atoms with E-state index < -0.39 is 5.97 Å². The van der Waals surface area contributed by atoms with Crippen LogP contribution in [0.15, 0.2) is 33.8 Å². The van der Waals surface area contributed by atoms with Crippen LogP contribution in [-0.2, 0) is 4.79 Å². The molecule has 0 saturated carbocycles. The minimum Gasteiger partial charge on any atom is -0.477 e. The van der Waals surface area contributed by atoms with Gasteiger partial charge in [0.2, 0.25) is 0 Å². The Labute approximate surface area is 89.0 Å². The summed E-state index contributed by atoms with van der Waals surface area (Å²) in [7, 11) is 0. The van der Waals surface area contributed by atoms with Crippen LogP contribution < -0.4 is 0 Å². The highest BCUT2D eigenvalue weighted by molar-refractivity contribution is 9.10. The van der Waals surface area contributed by atoms with Crippen LogP contribution in [0.1, 0.15) is 5.56 Å². The Morgan fingerprint density at radius 1 is 1.38 bits per heavy atom. The van der Waals surface area contributed by atoms with Crippen LogP contribution >= 0.6 is 27.5 Å². The van der Waals surface area contributed by atoms with E-state index in [0.717, 1.165) is 10.0 Å². The van der Waals surface area contributed by atoms with Gasteiger partial charge in [0.25, 0.3) is 0 Å². The molecule has 2 nitrogen and oxygen atoms in total. The molecule has 4 heteroatoms. The number of halogens is 2. The standard InChI is InChI=1S/C9H6BrClO2/c10-7-3-1-6(2-4-7)5-8(11)9(12)13/h1-5H,(H,12,13)/b8-5-. The Kier molecular flexibility index (Phi) is 3.51. The summed E-state index contributed by atoms with van der Waals surface area (Å²) in [5.74, 6) is -1.12. The third-order valence-corrected chi connectivity index (χ3v) is 2.17. The molecule has 0 heterocycles. The van der Waals surface area contributed by atoms with E-state index in [1.54, 1.807) is 12.1 Å². The number of carboxylic acids is 1. The zero-order valence-electron chi connectivity index (χ0n) is 6.50. The molecule has 1 aromatic carbocycles. The Morgan fingerprint density at radius 3 is 2.38 bits per heavy atom. The van der Waals surface area contributed by atoms with Crippen molar-refractivity contribution in [3.05, 3.63) is 39.3 Å². The monoisotopic (exact) mass is 260 g/mol. The molecule has 1 rings (SSSR count). The quantitative estimate of drug-likeness (QED) is 0.831. The van der Waals surface area contributed by atoms with Gasteiger partial charge < -0.3 is 5.11 Å². The first-order valence-electron chi connectivity index (χ1n) is 3.45. The van der Waals surface area contributed by atoms with Gasteiger partial charge in [-0.15, -0.1) is 0 Å². The van der Waals surface area contributed by atoms with E-state index in [9.17, 15) is 4.79 Å². The first kappa shape index (κ1) is 10.3. The second-order valence-electron chi connectivity index (χ2n) is 2.35. The van der Waals surface area contributed by atoms with E-state index in [0.29, 0.717) is 0 Å². The molecule has 0 saturated heterocycles. The molecule has 0 atom stereocenters. The molecule has 68 valence electrons. The second-order valence-corrected chi connectivity index (χ2v) is 3.67. The molecule has 1 aromatic rings. The molecule has 13 heavy (non-hydrogen) atoms. The van der Waals surface area contributed by atoms with Gasteiger partial charge in [0.05, 0.1) is 0 Å². The summed E-state index contributed by atoms with van der Waals surface area (Å²) in [6.07, 6.45) is 1.40. The fourth-order valence-corrected chi connectivity index (χ4v) is 1.16. The van der Waals surface area contributed by atoms with E-state index in [-0.39, 0.29) is 5.03 Å². The van der Waals surface area contributed by atoms with Crippen LogP contribution in [0.2, 0.25) is 0 Å². The molecule has 0 spiro atoms. The van der Waals surface area contributed by atoms with Gasteiger partial charge in [0, 0.05) is 4.47 Å². The summed E-state index contributed by atoms with van der Waals surface area (Å²) in [6.45, 7) is 0. The molecule has 0 radical (unpaired) electrons. The van der Waals surface area contributed by atoms with E-state index in [1.807, 2.05) is 12.1 Å². The Morgan fingerprint density at radius 2 is 1.92 bits per heavy atom. The van der Waals surface area contributed by atoms with Crippen molar-refractivity contribution in [2.24, 2.45) is 0 Å². The zero-order valence-corrected chi connectivity index (χ0v) is 8.84. The van der Waals surface area contributed by atoms with Crippen LogP contribution in [0.4, 0.5) is 0 Å². The van der Waals surface area contributed by atoms with Crippen LogP contribution in [-0.4, -0.2) is 11.1 Å². The number of carbonyl (C=O) groups is 1. The van der Waals surface area contributed by atoms with Crippen LogP contribution in [0.5, 0.6) is 0 Å². The van der Waals surface area contributed by atoms with Crippen molar-refractivity contribution >= 4 is 39.6 Å². The van der Waals surface area contributed by atoms with Gasteiger partial charge >= 0.3 is 5.97 Å². The third-order valence-electron chi connectivity index (χ3n) is 1.37. The van der Waals surface area contributed by atoms with Gasteiger partial charge in [-0.05, 0) is 23.8 Å². The van der Waals surface area contributed by atoms with Crippen molar-refractivity contribution in [3.8, 4) is 0 Å². The maximum atomic E-state index is 10.4. The number of benzene rings is 1. The molecule has 0 bridgehead atoms. The predicted molar refractivity (Wildman–Crippen MR) is 55.6 cm³/mol. The summed E-state index contributed by atoms with van der Waals surface area (Å²) >= 11 is 8.71. The lowest BCUT2D eigenvalue weighted by atomic mass is 10.2. The first-order chi connectivity index (χ1) is 6.09. The number of carboxylic acid groups (broad SMARTS) is 1. The topological polar surface area (TPSA) is 37.3 Å². The van der Waals surface area contributed by atoms with Gasteiger partial charge in [-0.25, -0.2) is 4.79 Å². The number of rotatable bonds is 2. The SMILES string of the molecule is O=C(O)/C(Cl)=C/c1ccc(Br)cc1. The van der Waals surface area contributed by atoms with Gasteiger partial charge in [0.15, 0.2) is 0 Å². The Balaban J connectivity index is 2.92. The molecule has 0 aromatic heterocycles. The van der Waals surface area contributed by atoms with Crippen molar-refractivity contribution in [1.29, 1.82) is 0 Å². The lowest BCUT2D eigenvalue weighted by molar-refractivity contribution is -0.131. The number of aliphatic carboxylic acids is 1. The molecule has 0 unspecified atom stereocenters. The predicted octanol–water partition coefficient (Wildman–Crippen LogP) is 3.11. The maximum absolute atomic E-state index is 10.4. The Bertz CT molecular complexity index is 343. The largest absolute Gasteiger partial charge is 0.477 e. The van der Waals surface area contributed by atoms with Crippen molar-refractivity contribution in [3.63, 3.8) is 0 Å². The van der Waals surface area contributed by atoms with Crippen molar-refractivity contribution in [2.75, 3.05) is 0 Å². The smallest absolute Gasteiger partial charge is 0.347 e. The van der Waals surface area contributed by atoms with Crippen LogP contribution in [0.3, 0.4) is 0 Å². The van der Waals surface area contributed by atoms with E-state index >= 15 is 0 Å². The number of hydrogen-bond acceptors (Lipinski definition) is 1. The van der Waals surface area contributed by atoms with Crippen LogP contribution in [0.25, 0.3) is 6.08 Å². The van der Waals surface area contributed by atoms with Crippen molar-refractivity contribution in [2.45, 2.75) is 0 Å². The highest BCUT2D eigenvalue weighted by Crippen LogP contribution is 2.14. The molecule has 1 N–H and O–H groups in total. The normalized spacial score (nSPS) is 11.4. The van der Waals surface area contributed by atoms with Gasteiger partial charge in [0.1, 0.15) is 5.03 Å². The molecule has 0 amide bonds. The fraction of sp³-hybridized carbons (Fsp3) is 0. The summed E-state index contributed by atoms with van der Waals surface area (Å²) in [5.41, 5.74) is 0.760. The molecule has 0 fully saturated rings. The second kappa shape index (κ2) is 4.44. The zero-order chi connectivity index (χ0) is 9.84. The third kappa shape index (κ3) is 3.20. The summed E-state index contributed by atoms with van der Waals surface area (Å²) in [5, 5.41) is 8.30. The minimum absolute atomic E-state index is 0.192. The average molecular weight is 262 g/mol. The Hall–Kier alpha value is -0.800. The summed E-state index contributed by atoms with van der Waals surface area (Å²) < 4.78 is 0.941. The lowest BCUT2D eigenvalue weighted by Gasteiger charge is -1.94. The summed E-state index contributed by atoms with van der Waals surface area (Å²) in [4.78, 5) is 10.4. The van der Waals surface area contributed by atoms with Gasteiger partial charge in [-0.1, -0.05) is 39.7 Å². The first-order valence-corrected chi connectivity index (χ1v) is 4.63. The van der Waals surface area contributed by atoms with Gasteiger partial charge in [-0.2, -0.15) is 0 Å². The van der Waals surface area contributed by atoms with E-state index in [4.69, 9.17) is 16.7 Å². The lowest BCUT2D eigenvalue weighted by Crippen LogP contribution is -1.92. The van der Waals surface area contributed by atoms with Crippen molar-refractivity contribution in [1.82, 2.24) is 0 Å². The number of hydrogen-bond donors (Lipinski definition) is 1. The van der Waals surface area contributed by atoms with Crippen LogP contribution in [0, 0.1) is 0 Å². The highest BCUT2D eigenvalue weighted by Gasteiger charge is 2.01. The molecular formula is C9H6BrClO2. The maximum Gasteiger partial charge on any atom is 0.347 e. The molecule has 0 aliphatic heterocycles. The molecule has 0 aliphatic rings. The minimum atomic E-state index is -1.12. The average Bonchev–Trinajstić information content (AvgIpc) is 2.08.